The van der Waals surface area contributed by atoms with Crippen molar-refractivity contribution in [2.24, 2.45) is 0 Å². The van der Waals surface area contributed by atoms with E-state index >= 15 is 0 Å². The zero-order chi connectivity index (χ0) is 16.3. The summed E-state index contributed by atoms with van der Waals surface area (Å²) in [5.74, 6) is -0.215. The Bertz CT molecular complexity index is 640. The molecule has 0 spiro atoms. The number of amides is 1. The molecule has 2 heterocycles. The van der Waals surface area contributed by atoms with E-state index in [9.17, 15) is 13.2 Å². The quantitative estimate of drug-likeness (QED) is 0.846. The van der Waals surface area contributed by atoms with Crippen LogP contribution in [0.4, 0.5) is 0 Å². The van der Waals surface area contributed by atoms with E-state index in [1.165, 1.54) is 4.31 Å². The summed E-state index contributed by atoms with van der Waals surface area (Å²) < 4.78 is 24.7. The van der Waals surface area contributed by atoms with Gasteiger partial charge in [0.05, 0.1) is 23.5 Å². The Kier molecular flexibility index (Phi) is 5.57. The van der Waals surface area contributed by atoms with Crippen LogP contribution in [0.15, 0.2) is 0 Å². The van der Waals surface area contributed by atoms with Gasteiger partial charge in [-0.3, -0.25) is 4.79 Å². The minimum absolute atomic E-state index is 0.215. The Balaban J connectivity index is 1.98. The molecule has 124 valence electrons. The van der Waals surface area contributed by atoms with Gasteiger partial charge in [0.15, 0.2) is 0 Å². The van der Waals surface area contributed by atoms with Gasteiger partial charge in [-0.05, 0) is 32.6 Å². The van der Waals surface area contributed by atoms with Crippen molar-refractivity contribution in [3.05, 3.63) is 15.6 Å². The van der Waals surface area contributed by atoms with Gasteiger partial charge >= 0.3 is 0 Å². The zero-order valence-corrected chi connectivity index (χ0v) is 14.9. The first kappa shape index (κ1) is 17.4. The van der Waals surface area contributed by atoms with Crippen LogP contribution in [0.1, 0.15) is 41.8 Å². The Morgan fingerprint density at radius 3 is 2.86 bits per heavy atom. The lowest BCUT2D eigenvalue weighted by molar-refractivity contribution is -0.124. The molecule has 1 atom stereocenters. The second-order valence-corrected chi connectivity index (χ2v) is 8.72. The average Bonchev–Trinajstić information content (AvgIpc) is 3.03. The fourth-order valence-electron chi connectivity index (χ4n) is 2.66. The van der Waals surface area contributed by atoms with E-state index in [1.54, 1.807) is 11.3 Å². The number of hydrogen-bond donors (Lipinski definition) is 1. The minimum atomic E-state index is -3.33. The number of carbonyl (C=O) groups excluding carboxylic acids is 1. The molecule has 1 amide bonds. The summed E-state index contributed by atoms with van der Waals surface area (Å²) in [6.07, 6.45) is 4.46. The number of thiazole rings is 1. The first-order valence-corrected chi connectivity index (χ1v) is 10.2. The van der Waals surface area contributed by atoms with E-state index in [0.29, 0.717) is 19.5 Å². The summed E-state index contributed by atoms with van der Waals surface area (Å²) in [7, 11) is -3.33. The third kappa shape index (κ3) is 4.05. The van der Waals surface area contributed by atoms with Crippen molar-refractivity contribution in [3.63, 3.8) is 0 Å². The molecule has 1 aliphatic rings. The van der Waals surface area contributed by atoms with Gasteiger partial charge in [0.1, 0.15) is 6.04 Å². The van der Waals surface area contributed by atoms with Crippen LogP contribution in [-0.4, -0.2) is 42.5 Å². The average molecular weight is 345 g/mol. The number of carbonyl (C=O) groups is 1. The molecule has 1 fully saturated rings. The molecule has 1 aromatic heterocycles. The Labute approximate surface area is 136 Å². The predicted octanol–water partition coefficient (Wildman–Crippen LogP) is 1.44. The molecule has 0 bridgehead atoms. The van der Waals surface area contributed by atoms with E-state index in [0.717, 1.165) is 41.1 Å². The first-order valence-electron chi connectivity index (χ1n) is 7.52. The van der Waals surface area contributed by atoms with Crippen molar-refractivity contribution in [1.82, 2.24) is 14.6 Å². The zero-order valence-electron chi connectivity index (χ0n) is 13.3. The minimum Gasteiger partial charge on any atom is -0.350 e. The van der Waals surface area contributed by atoms with Gasteiger partial charge in [-0.2, -0.15) is 4.31 Å². The van der Waals surface area contributed by atoms with Crippen molar-refractivity contribution in [2.45, 2.75) is 52.1 Å². The highest BCUT2D eigenvalue weighted by Gasteiger charge is 2.36. The van der Waals surface area contributed by atoms with Gasteiger partial charge in [-0.25, -0.2) is 13.4 Å². The summed E-state index contributed by atoms with van der Waals surface area (Å²) in [4.78, 5) is 17.8. The van der Waals surface area contributed by atoms with Crippen molar-refractivity contribution in [3.8, 4) is 0 Å². The van der Waals surface area contributed by atoms with E-state index in [1.807, 2.05) is 6.92 Å². The number of aryl methyl sites for hydroxylation is 2. The molecule has 1 aromatic rings. The predicted molar refractivity (Wildman–Crippen MR) is 87.3 cm³/mol. The summed E-state index contributed by atoms with van der Waals surface area (Å²) in [6.45, 7) is 4.89. The van der Waals surface area contributed by atoms with Crippen LogP contribution in [0.2, 0.25) is 0 Å². The number of nitrogens with zero attached hydrogens (tertiary/aromatic N) is 2. The largest absolute Gasteiger partial charge is 0.350 e. The van der Waals surface area contributed by atoms with Crippen LogP contribution in [0.3, 0.4) is 0 Å². The maximum absolute atomic E-state index is 12.3. The number of sulfonamides is 1. The van der Waals surface area contributed by atoms with E-state index in [4.69, 9.17) is 0 Å². The van der Waals surface area contributed by atoms with Gasteiger partial charge < -0.3 is 5.32 Å². The van der Waals surface area contributed by atoms with Crippen LogP contribution in [0.25, 0.3) is 0 Å². The second-order valence-electron chi connectivity index (χ2n) is 5.62. The van der Waals surface area contributed by atoms with Gasteiger partial charge in [-0.15, -0.1) is 11.3 Å². The molecule has 8 heteroatoms. The van der Waals surface area contributed by atoms with Gasteiger partial charge in [0.2, 0.25) is 15.9 Å². The maximum Gasteiger partial charge on any atom is 0.238 e. The Morgan fingerprint density at radius 1 is 1.50 bits per heavy atom. The fraction of sp³-hybridized carbons (Fsp3) is 0.714. The second kappa shape index (κ2) is 7.06. The van der Waals surface area contributed by atoms with Crippen molar-refractivity contribution in [1.29, 1.82) is 0 Å². The molecule has 6 nitrogen and oxygen atoms in total. The summed E-state index contributed by atoms with van der Waals surface area (Å²) in [5.41, 5.74) is 0.945. The highest BCUT2D eigenvalue weighted by atomic mass is 32.2. The van der Waals surface area contributed by atoms with Gasteiger partial charge in [-0.1, -0.05) is 6.92 Å². The molecule has 1 N–H and O–H groups in total. The van der Waals surface area contributed by atoms with Gasteiger partial charge in [0.25, 0.3) is 0 Å². The number of aromatic nitrogens is 1. The van der Waals surface area contributed by atoms with Crippen LogP contribution in [-0.2, 0) is 27.8 Å². The van der Waals surface area contributed by atoms with Crippen LogP contribution in [0, 0.1) is 6.92 Å². The van der Waals surface area contributed by atoms with Crippen molar-refractivity contribution in [2.75, 3.05) is 12.8 Å². The molecule has 0 unspecified atom stereocenters. The van der Waals surface area contributed by atoms with Gasteiger partial charge in [0, 0.05) is 11.4 Å². The van der Waals surface area contributed by atoms with Crippen molar-refractivity contribution >= 4 is 27.3 Å². The lowest BCUT2D eigenvalue weighted by Gasteiger charge is -2.21. The SMILES string of the molecule is CCCc1nc(C)c(CNC(=O)[C@@H]2CCCN2S(C)(=O)=O)s1. The summed E-state index contributed by atoms with van der Waals surface area (Å²) in [6, 6.07) is -0.571. The fourth-order valence-corrected chi connectivity index (χ4v) is 4.89. The lowest BCUT2D eigenvalue weighted by Crippen LogP contribution is -2.45. The third-order valence-corrected chi connectivity index (χ3v) is 6.26. The summed E-state index contributed by atoms with van der Waals surface area (Å²) in [5, 5.41) is 3.95. The highest BCUT2D eigenvalue weighted by Crippen LogP contribution is 2.22. The Morgan fingerprint density at radius 2 is 2.23 bits per heavy atom. The highest BCUT2D eigenvalue weighted by molar-refractivity contribution is 7.88. The number of rotatable bonds is 6. The molecule has 0 aromatic carbocycles. The molecule has 1 saturated heterocycles. The topological polar surface area (TPSA) is 79.4 Å². The monoisotopic (exact) mass is 345 g/mol. The Hall–Kier alpha value is -0.990. The molecule has 22 heavy (non-hydrogen) atoms. The van der Waals surface area contributed by atoms with E-state index in [-0.39, 0.29) is 5.91 Å². The number of hydrogen-bond acceptors (Lipinski definition) is 5. The van der Waals surface area contributed by atoms with Crippen LogP contribution >= 0.6 is 11.3 Å². The van der Waals surface area contributed by atoms with E-state index < -0.39 is 16.1 Å². The normalized spacial score (nSPS) is 19.5. The molecule has 0 saturated carbocycles. The standard InChI is InChI=1S/C14H23N3O3S2/c1-4-6-13-16-10(2)12(21-13)9-15-14(18)11-7-5-8-17(11)22(3,19)20/h11H,4-9H2,1-3H3,(H,15,18)/t11-/m0/s1. The van der Waals surface area contributed by atoms with E-state index in [2.05, 4.69) is 17.2 Å². The van der Waals surface area contributed by atoms with Crippen LogP contribution in [0.5, 0.6) is 0 Å². The molecular weight excluding hydrogens is 322 g/mol. The molecule has 0 radical (unpaired) electrons. The molecule has 1 aliphatic heterocycles. The smallest absolute Gasteiger partial charge is 0.238 e. The summed E-state index contributed by atoms with van der Waals surface area (Å²) >= 11 is 1.62. The number of nitrogens with one attached hydrogen (secondary N) is 1. The molecular formula is C14H23N3O3S2. The van der Waals surface area contributed by atoms with Crippen molar-refractivity contribution < 1.29 is 13.2 Å². The lowest BCUT2D eigenvalue weighted by atomic mass is 10.2. The van der Waals surface area contributed by atoms with Crippen LogP contribution < -0.4 is 5.32 Å². The molecule has 0 aliphatic carbocycles. The first-order chi connectivity index (χ1) is 10.3. The third-order valence-electron chi connectivity index (χ3n) is 3.76. The molecule has 2 rings (SSSR count). The maximum atomic E-state index is 12.3.